The largest absolute Gasteiger partial charge is 0.405 e. The maximum Gasteiger partial charge on any atom is 0.405 e. The molecule has 250 valence electrons. The van der Waals surface area contributed by atoms with Crippen molar-refractivity contribution in [1.29, 1.82) is 0 Å². The number of piperidine rings is 2. The number of hydrogen-bond acceptors (Lipinski definition) is 5. The molecule has 0 radical (unpaired) electrons. The third kappa shape index (κ3) is 7.55. The molecule has 3 heterocycles. The highest BCUT2D eigenvalue weighted by Crippen LogP contribution is 2.63. The lowest BCUT2D eigenvalue weighted by Crippen LogP contribution is -2.82. The number of ether oxygens (including phenoxy) is 1. The van der Waals surface area contributed by atoms with Crippen LogP contribution < -0.4 is 4.90 Å². The number of likely N-dealkylation sites (tertiary alicyclic amines) is 1. The number of hydrogen-bond donors (Lipinski definition) is 0. The Morgan fingerprint density at radius 1 is 0.933 bits per heavy atom. The highest BCUT2D eigenvalue weighted by atomic mass is 35.5. The molecule has 3 saturated heterocycles. The molecular formula is C36H51ClF3N3O2. The van der Waals surface area contributed by atoms with Crippen molar-refractivity contribution < 1.29 is 22.7 Å². The second-order valence-corrected chi connectivity index (χ2v) is 14.1. The van der Waals surface area contributed by atoms with Gasteiger partial charge in [-0.3, -0.25) is 9.69 Å². The van der Waals surface area contributed by atoms with E-state index in [1.165, 1.54) is 0 Å². The predicted molar refractivity (Wildman–Crippen MR) is 177 cm³/mol. The van der Waals surface area contributed by atoms with Crippen LogP contribution in [0, 0.1) is 11.8 Å². The first kappa shape index (κ1) is 35.7. The van der Waals surface area contributed by atoms with E-state index in [9.17, 15) is 4.79 Å². The van der Waals surface area contributed by atoms with Crippen molar-refractivity contribution >= 4 is 23.6 Å². The Bertz CT molecular complexity index is 1230. The lowest BCUT2D eigenvalue weighted by molar-refractivity contribution is -0.413. The molecule has 2 aromatic rings. The number of anilines is 1. The van der Waals surface area contributed by atoms with Gasteiger partial charge in [-0.15, -0.1) is 0 Å². The summed E-state index contributed by atoms with van der Waals surface area (Å²) in [6.07, 6.45) is 2.83. The summed E-state index contributed by atoms with van der Waals surface area (Å²) in [6.45, 7) is 6.78. The van der Waals surface area contributed by atoms with Crippen molar-refractivity contribution in [3.8, 4) is 0 Å². The van der Waals surface area contributed by atoms with Gasteiger partial charge in [0.1, 0.15) is 5.72 Å². The number of halogens is 4. The molecule has 3 atom stereocenters. The van der Waals surface area contributed by atoms with E-state index in [2.05, 4.69) is 4.90 Å². The summed E-state index contributed by atoms with van der Waals surface area (Å²) in [4.78, 5) is 17.4. The van der Waals surface area contributed by atoms with E-state index < -0.39 is 23.4 Å². The lowest BCUT2D eigenvalue weighted by atomic mass is 9.60. The van der Waals surface area contributed by atoms with Crippen molar-refractivity contribution in [3.63, 3.8) is 0 Å². The van der Waals surface area contributed by atoms with Crippen LogP contribution in [0.2, 0.25) is 5.02 Å². The SMILES string of the molecule is CCCC1OC(C)(N2CCC(CCC3CCN(c4ccc(C=O)c(Cl)c4)CC3)CC2)C1(c1ccccc1)C(F)(F)F.CN(C)C. The quantitative estimate of drug-likeness (QED) is 0.255. The summed E-state index contributed by atoms with van der Waals surface area (Å²) in [5, 5.41) is 0.490. The van der Waals surface area contributed by atoms with Crippen LogP contribution in [0.4, 0.5) is 18.9 Å². The number of aldehydes is 1. The lowest BCUT2D eigenvalue weighted by Gasteiger charge is -2.67. The van der Waals surface area contributed by atoms with E-state index in [1.54, 1.807) is 43.3 Å². The van der Waals surface area contributed by atoms with Gasteiger partial charge in [0.15, 0.2) is 11.7 Å². The molecule has 3 aliphatic rings. The molecule has 0 amide bonds. The smallest absolute Gasteiger partial charge is 0.371 e. The zero-order valence-corrected chi connectivity index (χ0v) is 28.3. The molecule has 0 aromatic heterocycles. The molecule has 3 unspecified atom stereocenters. The molecule has 5 nitrogen and oxygen atoms in total. The van der Waals surface area contributed by atoms with Gasteiger partial charge >= 0.3 is 6.18 Å². The van der Waals surface area contributed by atoms with Crippen molar-refractivity contribution in [3.05, 3.63) is 64.7 Å². The minimum Gasteiger partial charge on any atom is -0.371 e. The van der Waals surface area contributed by atoms with Crippen LogP contribution in [0.15, 0.2) is 48.5 Å². The Hall–Kier alpha value is -2.13. The Morgan fingerprint density at radius 3 is 1.98 bits per heavy atom. The molecule has 9 heteroatoms. The summed E-state index contributed by atoms with van der Waals surface area (Å²) in [7, 11) is 6.00. The normalized spacial score (nSPS) is 26.7. The molecule has 45 heavy (non-hydrogen) atoms. The van der Waals surface area contributed by atoms with Crippen LogP contribution in [0.25, 0.3) is 0 Å². The zero-order valence-electron chi connectivity index (χ0n) is 27.6. The van der Waals surface area contributed by atoms with Gasteiger partial charge in [-0.05, 0) is 95.8 Å². The molecule has 5 rings (SSSR count). The average Bonchev–Trinajstić information content (AvgIpc) is 3.00. The van der Waals surface area contributed by atoms with Gasteiger partial charge in [-0.1, -0.05) is 68.1 Å². The van der Waals surface area contributed by atoms with Crippen molar-refractivity contribution in [2.45, 2.75) is 88.6 Å². The summed E-state index contributed by atoms with van der Waals surface area (Å²) in [6, 6.07) is 14.1. The van der Waals surface area contributed by atoms with Crippen molar-refractivity contribution in [2.24, 2.45) is 11.8 Å². The maximum atomic E-state index is 15.1. The Balaban J connectivity index is 0.00000109. The number of benzene rings is 2. The summed E-state index contributed by atoms with van der Waals surface area (Å²) >= 11 is 6.23. The van der Waals surface area contributed by atoms with E-state index in [0.717, 1.165) is 63.6 Å². The highest BCUT2D eigenvalue weighted by molar-refractivity contribution is 6.33. The molecule has 0 N–H and O–H groups in total. The fourth-order valence-corrected chi connectivity index (χ4v) is 7.95. The first-order valence-electron chi connectivity index (χ1n) is 16.5. The van der Waals surface area contributed by atoms with Crippen molar-refractivity contribution in [2.75, 3.05) is 52.2 Å². The zero-order chi connectivity index (χ0) is 32.8. The number of rotatable bonds is 9. The summed E-state index contributed by atoms with van der Waals surface area (Å²) in [5.74, 6) is 1.19. The van der Waals surface area contributed by atoms with Gasteiger partial charge in [0, 0.05) is 37.4 Å². The molecule has 0 spiro atoms. The van der Waals surface area contributed by atoms with E-state index in [1.807, 2.05) is 50.0 Å². The maximum absolute atomic E-state index is 15.1. The van der Waals surface area contributed by atoms with Crippen LogP contribution in [-0.4, -0.2) is 81.4 Å². The van der Waals surface area contributed by atoms with E-state index in [0.29, 0.717) is 53.9 Å². The molecule has 0 bridgehead atoms. The number of nitrogens with zero attached hydrogens (tertiary/aromatic N) is 3. The van der Waals surface area contributed by atoms with E-state index >= 15 is 13.2 Å². The summed E-state index contributed by atoms with van der Waals surface area (Å²) in [5.41, 5.74) is -1.55. The number of carbonyl (C=O) groups excluding carboxylic acids is 1. The third-order valence-corrected chi connectivity index (χ3v) is 10.4. The molecule has 2 aromatic carbocycles. The van der Waals surface area contributed by atoms with Crippen LogP contribution in [0.1, 0.15) is 81.1 Å². The van der Waals surface area contributed by atoms with Gasteiger partial charge in [0.05, 0.1) is 11.1 Å². The minimum atomic E-state index is -4.42. The summed E-state index contributed by atoms with van der Waals surface area (Å²) < 4.78 is 51.6. The van der Waals surface area contributed by atoms with Crippen LogP contribution in [0.5, 0.6) is 0 Å². The average molecular weight is 650 g/mol. The fourth-order valence-electron chi connectivity index (χ4n) is 7.73. The third-order valence-electron chi connectivity index (χ3n) is 10.1. The second kappa shape index (κ2) is 15.2. The first-order valence-corrected chi connectivity index (χ1v) is 16.9. The highest BCUT2D eigenvalue weighted by Gasteiger charge is 2.79. The first-order chi connectivity index (χ1) is 21.4. The van der Waals surface area contributed by atoms with Crippen LogP contribution in [0.3, 0.4) is 0 Å². The number of carbonyl (C=O) groups is 1. The second-order valence-electron chi connectivity index (χ2n) is 13.7. The minimum absolute atomic E-state index is 0.315. The van der Waals surface area contributed by atoms with Gasteiger partial charge < -0.3 is 14.5 Å². The Morgan fingerprint density at radius 2 is 1.49 bits per heavy atom. The van der Waals surface area contributed by atoms with Crippen LogP contribution in [-0.2, 0) is 10.2 Å². The predicted octanol–water partition coefficient (Wildman–Crippen LogP) is 8.45. The number of alkyl halides is 3. The molecule has 3 aliphatic heterocycles. The van der Waals surface area contributed by atoms with Gasteiger partial charge in [-0.2, -0.15) is 13.2 Å². The van der Waals surface area contributed by atoms with Gasteiger partial charge in [0.2, 0.25) is 0 Å². The van der Waals surface area contributed by atoms with E-state index in [-0.39, 0.29) is 0 Å². The van der Waals surface area contributed by atoms with Gasteiger partial charge in [0.25, 0.3) is 0 Å². The topological polar surface area (TPSA) is 36.0 Å². The fraction of sp³-hybridized carbons (Fsp3) is 0.639. The Labute approximate surface area is 273 Å². The molecule has 3 fully saturated rings. The molecule has 0 saturated carbocycles. The molecule has 0 aliphatic carbocycles. The van der Waals surface area contributed by atoms with Gasteiger partial charge in [-0.25, -0.2) is 0 Å². The molecular weight excluding hydrogens is 599 g/mol. The van der Waals surface area contributed by atoms with Crippen molar-refractivity contribution in [1.82, 2.24) is 9.80 Å². The Kier molecular flexibility index (Phi) is 12.1. The van der Waals surface area contributed by atoms with Crippen LogP contribution >= 0.6 is 11.6 Å². The van der Waals surface area contributed by atoms with E-state index in [4.69, 9.17) is 16.3 Å². The standard InChI is InChI=1S/C33H42ClF3N2O2.C3H9N/c1-3-7-30-32(33(35,36)37,27-8-5-4-6-9-27)31(2,41-30)39-20-16-25(17-21-39)11-10-24-14-18-38(19-15-24)28-13-12-26(23-40)29(34)22-28;1-4(2)3/h4-6,8-9,12-13,22-25,30H,3,7,10-11,14-21H2,1-2H3;1-3H3. The monoisotopic (exact) mass is 649 g/mol.